The van der Waals surface area contributed by atoms with Gasteiger partial charge in [-0.25, -0.2) is 15.0 Å². The number of hydrogen-bond donors (Lipinski definition) is 0. The lowest BCUT2D eigenvalue weighted by molar-refractivity contribution is 0.700. The van der Waals surface area contributed by atoms with Crippen molar-refractivity contribution in [3.63, 3.8) is 0 Å². The second-order valence-electron chi connectivity index (χ2n) is 5.38. The van der Waals surface area contributed by atoms with Crippen LogP contribution in [0.4, 0.5) is 0 Å². The lowest BCUT2D eigenvalue weighted by Crippen LogP contribution is -2.00. The maximum absolute atomic E-state index is 6.45. The highest BCUT2D eigenvalue weighted by atomic mass is 35.5. The molecule has 6 heteroatoms. The monoisotopic (exact) mass is 335 g/mol. The van der Waals surface area contributed by atoms with E-state index in [9.17, 15) is 0 Å². The predicted octanol–water partition coefficient (Wildman–Crippen LogP) is 4.58. The van der Waals surface area contributed by atoms with Crippen LogP contribution in [0.25, 0.3) is 10.2 Å². The lowest BCUT2D eigenvalue weighted by atomic mass is 9.97. The molecule has 0 saturated heterocycles. The van der Waals surface area contributed by atoms with Crippen LogP contribution < -0.4 is 0 Å². The molecule has 0 bridgehead atoms. The molecule has 21 heavy (non-hydrogen) atoms. The first kappa shape index (κ1) is 13.6. The van der Waals surface area contributed by atoms with E-state index in [1.165, 1.54) is 23.3 Å². The summed E-state index contributed by atoms with van der Waals surface area (Å²) in [5.74, 6) is 0.778. The molecule has 1 aliphatic carbocycles. The van der Waals surface area contributed by atoms with Crippen molar-refractivity contribution in [1.82, 2.24) is 15.0 Å². The standard InChI is InChI=1S/C15H14ClN3S2/c1-8-7-20-12(17-8)6-11-18-14(16)13-9-4-2-3-5-10(9)21-15(13)19-11/h7H,2-6H2,1H3. The van der Waals surface area contributed by atoms with Gasteiger partial charge in [-0.1, -0.05) is 11.6 Å². The van der Waals surface area contributed by atoms with Crippen molar-refractivity contribution in [2.45, 2.75) is 39.0 Å². The first-order valence-corrected chi connectivity index (χ1v) is 9.16. The topological polar surface area (TPSA) is 38.7 Å². The molecule has 0 spiro atoms. The third-order valence-electron chi connectivity index (χ3n) is 3.79. The van der Waals surface area contributed by atoms with E-state index in [0.29, 0.717) is 11.6 Å². The van der Waals surface area contributed by atoms with Gasteiger partial charge in [0.05, 0.1) is 11.8 Å². The molecule has 0 radical (unpaired) electrons. The van der Waals surface area contributed by atoms with Gasteiger partial charge in [0.25, 0.3) is 0 Å². The summed E-state index contributed by atoms with van der Waals surface area (Å²) < 4.78 is 0. The molecular formula is C15H14ClN3S2. The molecule has 0 saturated carbocycles. The molecule has 0 amide bonds. The number of fused-ring (bicyclic) bond motifs is 3. The summed E-state index contributed by atoms with van der Waals surface area (Å²) in [6.45, 7) is 2.00. The Hall–Kier alpha value is -1.04. The highest BCUT2D eigenvalue weighted by Crippen LogP contribution is 2.38. The van der Waals surface area contributed by atoms with E-state index in [1.807, 2.05) is 6.92 Å². The fourth-order valence-electron chi connectivity index (χ4n) is 2.85. The Labute approximate surface area is 136 Å². The summed E-state index contributed by atoms with van der Waals surface area (Å²) in [5.41, 5.74) is 2.44. The molecule has 0 N–H and O–H groups in total. The van der Waals surface area contributed by atoms with Crippen LogP contribution in [0.2, 0.25) is 5.15 Å². The van der Waals surface area contributed by atoms with Crippen LogP contribution in [0.15, 0.2) is 5.38 Å². The average Bonchev–Trinajstić information content (AvgIpc) is 3.02. The van der Waals surface area contributed by atoms with Crippen molar-refractivity contribution in [1.29, 1.82) is 0 Å². The van der Waals surface area contributed by atoms with Crippen LogP contribution in [0.3, 0.4) is 0 Å². The van der Waals surface area contributed by atoms with E-state index in [1.54, 1.807) is 22.7 Å². The molecule has 0 aromatic carbocycles. The van der Waals surface area contributed by atoms with Gasteiger partial charge in [0.15, 0.2) is 0 Å². The van der Waals surface area contributed by atoms with E-state index in [2.05, 4.69) is 15.3 Å². The van der Waals surface area contributed by atoms with Crippen molar-refractivity contribution >= 4 is 44.5 Å². The normalized spacial score (nSPS) is 14.6. The van der Waals surface area contributed by atoms with Crippen molar-refractivity contribution in [2.75, 3.05) is 0 Å². The SMILES string of the molecule is Cc1csc(Cc2nc(Cl)c3c4c(sc3n2)CCCC4)n1. The maximum atomic E-state index is 6.45. The molecule has 0 aliphatic heterocycles. The van der Waals surface area contributed by atoms with Gasteiger partial charge < -0.3 is 0 Å². The van der Waals surface area contributed by atoms with Gasteiger partial charge in [-0.15, -0.1) is 22.7 Å². The van der Waals surface area contributed by atoms with Crippen molar-refractivity contribution in [3.8, 4) is 0 Å². The molecule has 0 fully saturated rings. The maximum Gasteiger partial charge on any atom is 0.141 e. The number of halogens is 1. The lowest BCUT2D eigenvalue weighted by Gasteiger charge is -2.10. The zero-order valence-electron chi connectivity index (χ0n) is 11.6. The first-order chi connectivity index (χ1) is 10.2. The van der Waals surface area contributed by atoms with Crippen LogP contribution in [0.5, 0.6) is 0 Å². The third kappa shape index (κ3) is 2.47. The van der Waals surface area contributed by atoms with E-state index in [4.69, 9.17) is 16.6 Å². The minimum absolute atomic E-state index is 0.614. The largest absolute Gasteiger partial charge is 0.246 e. The van der Waals surface area contributed by atoms with E-state index in [0.717, 1.165) is 39.6 Å². The number of aryl methyl sites for hydroxylation is 3. The molecule has 3 aromatic heterocycles. The first-order valence-electron chi connectivity index (χ1n) is 7.08. The van der Waals surface area contributed by atoms with Crippen LogP contribution in [-0.4, -0.2) is 15.0 Å². The Kier molecular flexibility index (Phi) is 3.44. The van der Waals surface area contributed by atoms with Crippen LogP contribution in [0.1, 0.15) is 39.8 Å². The number of thiophene rings is 1. The fraction of sp³-hybridized carbons (Fsp3) is 0.400. The van der Waals surface area contributed by atoms with Gasteiger partial charge in [0, 0.05) is 16.0 Å². The molecule has 3 aromatic rings. The van der Waals surface area contributed by atoms with Crippen LogP contribution in [-0.2, 0) is 19.3 Å². The Morgan fingerprint density at radius 3 is 2.86 bits per heavy atom. The zero-order chi connectivity index (χ0) is 14.4. The number of nitrogens with zero attached hydrogens (tertiary/aromatic N) is 3. The highest BCUT2D eigenvalue weighted by Gasteiger charge is 2.20. The van der Waals surface area contributed by atoms with E-state index >= 15 is 0 Å². The summed E-state index contributed by atoms with van der Waals surface area (Å²) in [5, 5.41) is 4.81. The van der Waals surface area contributed by atoms with Gasteiger partial charge in [0.2, 0.25) is 0 Å². The number of hydrogen-bond acceptors (Lipinski definition) is 5. The van der Waals surface area contributed by atoms with Gasteiger partial charge in [-0.3, -0.25) is 0 Å². The second kappa shape index (κ2) is 5.30. The molecule has 0 unspecified atom stereocenters. The molecule has 0 atom stereocenters. The average molecular weight is 336 g/mol. The zero-order valence-corrected chi connectivity index (χ0v) is 14.0. The molecule has 3 heterocycles. The number of thiazole rings is 1. The van der Waals surface area contributed by atoms with Crippen LogP contribution in [0, 0.1) is 6.92 Å². The van der Waals surface area contributed by atoms with E-state index in [-0.39, 0.29) is 0 Å². The fourth-order valence-corrected chi connectivity index (χ4v) is 5.26. The molecular weight excluding hydrogens is 322 g/mol. The van der Waals surface area contributed by atoms with Gasteiger partial charge in [-0.2, -0.15) is 0 Å². The van der Waals surface area contributed by atoms with Crippen molar-refractivity contribution < 1.29 is 0 Å². The summed E-state index contributed by atoms with van der Waals surface area (Å²) in [7, 11) is 0. The predicted molar refractivity (Wildman–Crippen MR) is 88.7 cm³/mol. The summed E-state index contributed by atoms with van der Waals surface area (Å²) >= 11 is 9.89. The van der Waals surface area contributed by atoms with Gasteiger partial charge in [-0.05, 0) is 38.2 Å². The van der Waals surface area contributed by atoms with Crippen molar-refractivity contribution in [2.24, 2.45) is 0 Å². The quantitative estimate of drug-likeness (QED) is 0.643. The Morgan fingerprint density at radius 1 is 1.19 bits per heavy atom. The summed E-state index contributed by atoms with van der Waals surface area (Å²) in [6, 6.07) is 0. The summed E-state index contributed by atoms with van der Waals surface area (Å²) in [6.07, 6.45) is 5.46. The Morgan fingerprint density at radius 2 is 2.05 bits per heavy atom. The van der Waals surface area contributed by atoms with Gasteiger partial charge in [0.1, 0.15) is 20.8 Å². The molecule has 4 rings (SSSR count). The Bertz CT molecular complexity index is 822. The number of rotatable bonds is 2. The molecule has 3 nitrogen and oxygen atoms in total. The summed E-state index contributed by atoms with van der Waals surface area (Å²) in [4.78, 5) is 16.2. The molecule has 108 valence electrons. The third-order valence-corrected chi connectivity index (χ3v) is 6.22. The van der Waals surface area contributed by atoms with Crippen molar-refractivity contribution in [3.05, 3.63) is 37.5 Å². The highest BCUT2D eigenvalue weighted by molar-refractivity contribution is 7.19. The second-order valence-corrected chi connectivity index (χ2v) is 7.77. The van der Waals surface area contributed by atoms with Gasteiger partial charge >= 0.3 is 0 Å². The smallest absolute Gasteiger partial charge is 0.141 e. The van der Waals surface area contributed by atoms with E-state index < -0.39 is 0 Å². The Balaban J connectivity index is 1.78. The molecule has 1 aliphatic rings. The minimum atomic E-state index is 0.614. The number of aromatic nitrogens is 3. The van der Waals surface area contributed by atoms with Crippen LogP contribution >= 0.6 is 34.3 Å². The minimum Gasteiger partial charge on any atom is -0.246 e.